The molecular weight excluding hydrogens is 326 g/mol. The van der Waals surface area contributed by atoms with Crippen LogP contribution in [0.4, 0.5) is 0 Å². The van der Waals surface area contributed by atoms with Crippen LogP contribution in [0.15, 0.2) is 60.7 Å². The van der Waals surface area contributed by atoms with Crippen molar-refractivity contribution in [2.45, 2.75) is 6.54 Å². The van der Waals surface area contributed by atoms with Crippen LogP contribution < -0.4 is 0 Å². The van der Waals surface area contributed by atoms with E-state index in [1.807, 2.05) is 23.1 Å². The monoisotopic (exact) mass is 347 g/mol. The highest BCUT2D eigenvalue weighted by Crippen LogP contribution is 2.23. The van der Waals surface area contributed by atoms with Crippen molar-refractivity contribution in [3.63, 3.8) is 0 Å². The molecule has 132 valence electrons. The fraction of sp³-hybridized carbons (Fsp3) is 0.238. The van der Waals surface area contributed by atoms with E-state index in [-0.39, 0.29) is 11.7 Å². The number of benzene rings is 2. The van der Waals surface area contributed by atoms with Crippen molar-refractivity contribution in [2.75, 3.05) is 26.2 Å². The Kier molecular flexibility index (Phi) is 4.54. The molecule has 1 aliphatic rings. The molecule has 0 radical (unpaired) electrons. The van der Waals surface area contributed by atoms with E-state index < -0.39 is 0 Å². The fourth-order valence-electron chi connectivity index (χ4n) is 3.36. The number of piperazine rings is 1. The summed E-state index contributed by atoms with van der Waals surface area (Å²) < 4.78 is 0. The summed E-state index contributed by atoms with van der Waals surface area (Å²) in [5, 5.41) is 10.8. The molecule has 1 saturated heterocycles. The summed E-state index contributed by atoms with van der Waals surface area (Å²) in [5.74, 6) is 0.0272. The second-order valence-electron chi connectivity index (χ2n) is 6.60. The molecule has 4 rings (SSSR count). The standard InChI is InChI=1S/C21H21N3O2/c25-19-8-4-7-17-9-10-18(22-20(17)19)21(26)24-13-11-23(12-14-24)15-16-5-2-1-3-6-16/h1-10,25H,11-15H2. The smallest absolute Gasteiger partial charge is 0.272 e. The number of carbonyl (C=O) groups excluding carboxylic acids is 1. The van der Waals surface area contributed by atoms with Crippen LogP contribution in [-0.4, -0.2) is 52.0 Å². The van der Waals surface area contributed by atoms with Crippen LogP contribution in [0.2, 0.25) is 0 Å². The summed E-state index contributed by atoms with van der Waals surface area (Å²) in [6, 6.07) is 19.2. The lowest BCUT2D eigenvalue weighted by atomic mass is 10.1. The predicted octanol–water partition coefficient (Wildman–Crippen LogP) is 2.90. The number of hydrogen-bond donors (Lipinski definition) is 1. The molecule has 2 heterocycles. The molecule has 0 saturated carbocycles. The van der Waals surface area contributed by atoms with E-state index in [1.54, 1.807) is 18.2 Å². The van der Waals surface area contributed by atoms with Crippen LogP contribution in [0.1, 0.15) is 16.1 Å². The summed E-state index contributed by atoms with van der Waals surface area (Å²) >= 11 is 0. The Morgan fingerprint density at radius 3 is 2.46 bits per heavy atom. The van der Waals surface area contributed by atoms with Crippen molar-refractivity contribution < 1.29 is 9.90 Å². The SMILES string of the molecule is O=C(c1ccc2cccc(O)c2n1)N1CCN(Cc2ccccc2)CC1. The number of aromatic nitrogens is 1. The Morgan fingerprint density at radius 1 is 0.923 bits per heavy atom. The molecule has 0 aliphatic carbocycles. The second-order valence-corrected chi connectivity index (χ2v) is 6.60. The van der Waals surface area contributed by atoms with Gasteiger partial charge in [0.15, 0.2) is 0 Å². The molecule has 0 spiro atoms. The van der Waals surface area contributed by atoms with Gasteiger partial charge in [-0.1, -0.05) is 48.5 Å². The van der Waals surface area contributed by atoms with Gasteiger partial charge in [-0.2, -0.15) is 0 Å². The number of hydrogen-bond acceptors (Lipinski definition) is 4. The second kappa shape index (κ2) is 7.14. The van der Waals surface area contributed by atoms with E-state index in [0.29, 0.717) is 24.3 Å². The topological polar surface area (TPSA) is 56.7 Å². The Hall–Kier alpha value is -2.92. The molecule has 1 aromatic heterocycles. The van der Waals surface area contributed by atoms with Gasteiger partial charge in [0.2, 0.25) is 0 Å². The largest absolute Gasteiger partial charge is 0.506 e. The number of aromatic hydroxyl groups is 1. The van der Waals surface area contributed by atoms with Crippen molar-refractivity contribution in [2.24, 2.45) is 0 Å². The van der Waals surface area contributed by atoms with E-state index in [2.05, 4.69) is 34.1 Å². The lowest BCUT2D eigenvalue weighted by Crippen LogP contribution is -2.48. The van der Waals surface area contributed by atoms with Gasteiger partial charge in [-0.3, -0.25) is 9.69 Å². The zero-order chi connectivity index (χ0) is 17.9. The number of phenols is 1. The van der Waals surface area contributed by atoms with Gasteiger partial charge < -0.3 is 10.0 Å². The number of phenolic OH excluding ortho intramolecular Hbond substituents is 1. The predicted molar refractivity (Wildman–Crippen MR) is 101 cm³/mol. The summed E-state index contributed by atoms with van der Waals surface area (Å²) in [6.07, 6.45) is 0. The average Bonchev–Trinajstić information content (AvgIpc) is 2.69. The first-order valence-electron chi connectivity index (χ1n) is 8.85. The van der Waals surface area contributed by atoms with E-state index in [0.717, 1.165) is 25.0 Å². The van der Waals surface area contributed by atoms with Gasteiger partial charge >= 0.3 is 0 Å². The Morgan fingerprint density at radius 2 is 1.69 bits per heavy atom. The van der Waals surface area contributed by atoms with Crippen molar-refractivity contribution >= 4 is 16.8 Å². The molecule has 0 bridgehead atoms. The third-order valence-corrected chi connectivity index (χ3v) is 4.83. The lowest BCUT2D eigenvalue weighted by Gasteiger charge is -2.34. The minimum absolute atomic E-state index is 0.0745. The number of amides is 1. The van der Waals surface area contributed by atoms with Gasteiger partial charge in [0, 0.05) is 38.1 Å². The molecule has 5 nitrogen and oxygen atoms in total. The molecule has 1 fully saturated rings. The highest BCUT2D eigenvalue weighted by atomic mass is 16.3. The van der Waals surface area contributed by atoms with E-state index >= 15 is 0 Å². The number of nitrogens with zero attached hydrogens (tertiary/aromatic N) is 3. The molecule has 3 aromatic rings. The Balaban J connectivity index is 1.43. The maximum atomic E-state index is 12.8. The number of pyridine rings is 1. The Bertz CT molecular complexity index is 919. The summed E-state index contributed by atoms with van der Waals surface area (Å²) in [4.78, 5) is 21.4. The molecule has 0 atom stereocenters. The molecule has 0 unspecified atom stereocenters. The van der Waals surface area contributed by atoms with E-state index in [9.17, 15) is 9.90 Å². The van der Waals surface area contributed by atoms with Crippen molar-refractivity contribution in [3.8, 4) is 5.75 Å². The maximum Gasteiger partial charge on any atom is 0.272 e. The van der Waals surface area contributed by atoms with Crippen LogP contribution in [0.25, 0.3) is 10.9 Å². The molecule has 1 amide bonds. The number of para-hydroxylation sites is 1. The van der Waals surface area contributed by atoms with Crippen LogP contribution in [-0.2, 0) is 6.54 Å². The first kappa shape index (κ1) is 16.5. The van der Waals surface area contributed by atoms with Gasteiger partial charge in [0.1, 0.15) is 17.0 Å². The third kappa shape index (κ3) is 3.39. The molecule has 2 aromatic carbocycles. The normalized spacial score (nSPS) is 15.3. The zero-order valence-electron chi connectivity index (χ0n) is 14.5. The highest BCUT2D eigenvalue weighted by molar-refractivity contribution is 5.96. The van der Waals surface area contributed by atoms with Crippen molar-refractivity contribution in [1.82, 2.24) is 14.8 Å². The molecule has 26 heavy (non-hydrogen) atoms. The van der Waals surface area contributed by atoms with Gasteiger partial charge in [-0.15, -0.1) is 0 Å². The fourth-order valence-corrected chi connectivity index (χ4v) is 3.36. The van der Waals surface area contributed by atoms with Crippen molar-refractivity contribution in [3.05, 3.63) is 71.9 Å². The van der Waals surface area contributed by atoms with Gasteiger partial charge in [0.05, 0.1) is 0 Å². The van der Waals surface area contributed by atoms with E-state index in [4.69, 9.17) is 0 Å². The van der Waals surface area contributed by atoms with Crippen molar-refractivity contribution in [1.29, 1.82) is 0 Å². The summed E-state index contributed by atoms with van der Waals surface area (Å²) in [7, 11) is 0. The molecule has 1 aliphatic heterocycles. The van der Waals surface area contributed by atoms with Crippen LogP contribution in [0.3, 0.4) is 0 Å². The summed E-state index contributed by atoms with van der Waals surface area (Å²) in [5.41, 5.74) is 2.15. The lowest BCUT2D eigenvalue weighted by molar-refractivity contribution is 0.0623. The zero-order valence-corrected chi connectivity index (χ0v) is 14.5. The van der Waals surface area contributed by atoms with Gasteiger partial charge in [0.25, 0.3) is 5.91 Å². The Labute approximate surface area is 152 Å². The van der Waals surface area contributed by atoms with E-state index in [1.165, 1.54) is 5.56 Å². The number of fused-ring (bicyclic) bond motifs is 1. The van der Waals surface area contributed by atoms with Crippen LogP contribution in [0.5, 0.6) is 5.75 Å². The molecule has 5 heteroatoms. The number of rotatable bonds is 3. The molecule has 1 N–H and O–H groups in total. The first-order valence-corrected chi connectivity index (χ1v) is 8.85. The molecular formula is C21H21N3O2. The first-order chi connectivity index (χ1) is 12.7. The van der Waals surface area contributed by atoms with Gasteiger partial charge in [-0.25, -0.2) is 4.98 Å². The maximum absolute atomic E-state index is 12.8. The average molecular weight is 347 g/mol. The highest BCUT2D eigenvalue weighted by Gasteiger charge is 2.23. The van der Waals surface area contributed by atoms with Gasteiger partial charge in [-0.05, 0) is 17.7 Å². The number of carbonyl (C=O) groups is 1. The third-order valence-electron chi connectivity index (χ3n) is 4.83. The quantitative estimate of drug-likeness (QED) is 0.791. The minimum Gasteiger partial charge on any atom is -0.506 e. The van der Waals surface area contributed by atoms with Crippen LogP contribution >= 0.6 is 0 Å². The minimum atomic E-state index is -0.0745. The van der Waals surface area contributed by atoms with Crippen LogP contribution in [0, 0.1) is 0 Å². The summed E-state index contributed by atoms with van der Waals surface area (Å²) in [6.45, 7) is 3.97.